The average molecular weight is 341 g/mol. The lowest BCUT2D eigenvalue weighted by Crippen LogP contribution is -2.27. The van der Waals surface area contributed by atoms with Gasteiger partial charge in [-0.2, -0.15) is 4.98 Å². The highest BCUT2D eigenvalue weighted by molar-refractivity contribution is 7.84. The Morgan fingerprint density at radius 1 is 1.50 bits per heavy atom. The molecule has 1 atom stereocenters. The van der Waals surface area contributed by atoms with Crippen LogP contribution >= 0.6 is 11.3 Å². The van der Waals surface area contributed by atoms with Crippen molar-refractivity contribution in [2.45, 2.75) is 32.6 Å². The Labute approximate surface area is 135 Å². The molecule has 2 heterocycles. The molecule has 22 heavy (non-hydrogen) atoms. The Morgan fingerprint density at radius 2 is 2.32 bits per heavy atom. The minimum atomic E-state index is -1.35. The van der Waals surface area contributed by atoms with Gasteiger partial charge in [-0.1, -0.05) is 25.1 Å². The molecule has 0 saturated carbocycles. The second-order valence-corrected chi connectivity index (χ2v) is 7.78. The summed E-state index contributed by atoms with van der Waals surface area (Å²) in [5.41, 5.74) is 0. The van der Waals surface area contributed by atoms with E-state index in [1.807, 2.05) is 17.5 Å². The van der Waals surface area contributed by atoms with Gasteiger partial charge in [0.15, 0.2) is 5.82 Å². The number of carbonyl (C=O) groups is 1. The van der Waals surface area contributed by atoms with E-state index in [-0.39, 0.29) is 17.4 Å². The number of nitrogens with zero attached hydrogens (tertiary/aromatic N) is 2. The predicted octanol–water partition coefficient (Wildman–Crippen LogP) is 1.89. The molecule has 0 saturated heterocycles. The third-order valence-corrected chi connectivity index (χ3v) is 4.75. The number of thiophene rings is 1. The van der Waals surface area contributed by atoms with Crippen molar-refractivity contribution in [1.29, 1.82) is 0 Å². The van der Waals surface area contributed by atoms with E-state index in [0.717, 1.165) is 11.3 Å². The molecule has 1 N–H and O–H groups in total. The Balaban J connectivity index is 1.74. The van der Waals surface area contributed by atoms with Crippen molar-refractivity contribution in [3.63, 3.8) is 0 Å². The second kappa shape index (κ2) is 8.19. The first-order valence-corrected chi connectivity index (χ1v) is 9.35. The van der Waals surface area contributed by atoms with Gasteiger partial charge in [-0.25, -0.2) is 0 Å². The van der Waals surface area contributed by atoms with Gasteiger partial charge in [-0.3, -0.25) is 9.00 Å². The van der Waals surface area contributed by atoms with Crippen molar-refractivity contribution in [2.75, 3.05) is 5.75 Å². The first kappa shape index (κ1) is 16.8. The van der Waals surface area contributed by atoms with E-state index in [9.17, 15) is 9.00 Å². The van der Waals surface area contributed by atoms with E-state index >= 15 is 0 Å². The van der Waals surface area contributed by atoms with E-state index in [0.29, 0.717) is 24.2 Å². The summed E-state index contributed by atoms with van der Waals surface area (Å²) in [7, 11) is -1.35. The molecule has 0 fully saturated rings. The van der Waals surface area contributed by atoms with Crippen LogP contribution in [0.5, 0.6) is 0 Å². The zero-order chi connectivity index (χ0) is 15.9. The SMILES string of the molecule is CC(C)Cc1noc(C[S@@](=O)CC(=O)NCc2cccs2)n1. The van der Waals surface area contributed by atoms with E-state index in [2.05, 4.69) is 29.3 Å². The Bertz CT molecular complexity index is 623. The lowest BCUT2D eigenvalue weighted by atomic mass is 10.1. The number of nitrogens with one attached hydrogen (secondary N) is 1. The summed E-state index contributed by atoms with van der Waals surface area (Å²) < 4.78 is 17.0. The van der Waals surface area contributed by atoms with Crippen LogP contribution < -0.4 is 5.32 Å². The largest absolute Gasteiger partial charge is 0.350 e. The van der Waals surface area contributed by atoms with Crippen molar-refractivity contribution in [3.8, 4) is 0 Å². The molecule has 0 unspecified atom stereocenters. The average Bonchev–Trinajstić information content (AvgIpc) is 3.07. The van der Waals surface area contributed by atoms with Crippen molar-refractivity contribution in [1.82, 2.24) is 15.5 Å². The molecular weight excluding hydrogens is 322 g/mol. The number of rotatable bonds is 8. The molecular formula is C14H19N3O3S2. The van der Waals surface area contributed by atoms with Gasteiger partial charge in [0.25, 0.3) is 0 Å². The first-order chi connectivity index (χ1) is 10.5. The fourth-order valence-corrected chi connectivity index (χ4v) is 3.32. The lowest BCUT2D eigenvalue weighted by molar-refractivity contribution is -0.118. The molecule has 0 aliphatic heterocycles. The zero-order valence-electron chi connectivity index (χ0n) is 12.6. The minimum absolute atomic E-state index is 0.0622. The minimum Gasteiger partial charge on any atom is -0.350 e. The number of carbonyl (C=O) groups excluding carboxylic acids is 1. The molecule has 8 heteroatoms. The second-order valence-electron chi connectivity index (χ2n) is 5.29. The van der Waals surface area contributed by atoms with Crippen LogP contribution in [0.2, 0.25) is 0 Å². The lowest BCUT2D eigenvalue weighted by Gasteiger charge is -2.02. The van der Waals surface area contributed by atoms with Crippen LogP contribution in [0, 0.1) is 5.92 Å². The maximum absolute atomic E-state index is 11.9. The fourth-order valence-electron chi connectivity index (χ4n) is 1.78. The maximum Gasteiger partial charge on any atom is 0.239 e. The molecule has 0 spiro atoms. The molecule has 2 rings (SSSR count). The number of aromatic nitrogens is 2. The molecule has 0 bridgehead atoms. The van der Waals surface area contributed by atoms with E-state index in [1.54, 1.807) is 11.3 Å². The third-order valence-electron chi connectivity index (χ3n) is 2.72. The normalized spacial score (nSPS) is 12.5. The third kappa shape index (κ3) is 5.69. The highest BCUT2D eigenvalue weighted by atomic mass is 32.2. The number of hydrogen-bond acceptors (Lipinski definition) is 6. The van der Waals surface area contributed by atoms with Gasteiger partial charge in [-0.15, -0.1) is 11.3 Å². The Kier molecular flexibility index (Phi) is 6.26. The monoisotopic (exact) mass is 341 g/mol. The summed E-state index contributed by atoms with van der Waals surface area (Å²) in [5.74, 6) is 1.17. The Hall–Kier alpha value is -1.54. The topological polar surface area (TPSA) is 85.1 Å². The van der Waals surface area contributed by atoms with Gasteiger partial charge in [0.05, 0.1) is 6.54 Å². The van der Waals surface area contributed by atoms with Crippen LogP contribution in [0.15, 0.2) is 22.0 Å². The summed E-state index contributed by atoms with van der Waals surface area (Å²) >= 11 is 1.57. The molecule has 1 amide bonds. The summed E-state index contributed by atoms with van der Waals surface area (Å²) in [6, 6.07) is 3.87. The molecule has 0 aliphatic rings. The Morgan fingerprint density at radius 3 is 3.00 bits per heavy atom. The maximum atomic E-state index is 11.9. The van der Waals surface area contributed by atoms with E-state index in [4.69, 9.17) is 4.52 Å². The standard InChI is InChI=1S/C14H19N3O3S2/c1-10(2)6-12-16-14(20-17-12)9-22(19)8-13(18)15-7-11-4-3-5-21-11/h3-5,10H,6-9H2,1-2H3,(H,15,18)/t22-/m0/s1. The predicted molar refractivity (Wildman–Crippen MR) is 85.7 cm³/mol. The number of amides is 1. The van der Waals surface area contributed by atoms with Crippen molar-refractivity contribution >= 4 is 28.0 Å². The molecule has 0 radical (unpaired) electrons. The molecule has 2 aromatic heterocycles. The van der Waals surface area contributed by atoms with Gasteiger partial charge >= 0.3 is 0 Å². The van der Waals surface area contributed by atoms with Gasteiger partial charge < -0.3 is 9.84 Å². The van der Waals surface area contributed by atoms with Gasteiger partial charge in [0.2, 0.25) is 11.8 Å². The fraction of sp³-hybridized carbons (Fsp3) is 0.500. The summed E-state index contributed by atoms with van der Waals surface area (Å²) in [6.07, 6.45) is 0.720. The van der Waals surface area contributed by atoms with Crippen molar-refractivity contribution < 1.29 is 13.5 Å². The molecule has 6 nitrogen and oxygen atoms in total. The van der Waals surface area contributed by atoms with Crippen molar-refractivity contribution in [2.24, 2.45) is 5.92 Å². The smallest absolute Gasteiger partial charge is 0.239 e. The quantitative estimate of drug-likeness (QED) is 0.792. The van der Waals surface area contributed by atoms with Crippen LogP contribution in [0.4, 0.5) is 0 Å². The van der Waals surface area contributed by atoms with Gasteiger partial charge in [-0.05, 0) is 17.4 Å². The summed E-state index contributed by atoms with van der Waals surface area (Å²) in [6.45, 7) is 4.59. The van der Waals surface area contributed by atoms with Crippen LogP contribution in [0.3, 0.4) is 0 Å². The summed E-state index contributed by atoms with van der Waals surface area (Å²) in [4.78, 5) is 17.0. The molecule has 0 aromatic carbocycles. The first-order valence-electron chi connectivity index (χ1n) is 6.98. The van der Waals surface area contributed by atoms with Crippen LogP contribution in [-0.4, -0.2) is 26.0 Å². The van der Waals surface area contributed by atoms with E-state index in [1.165, 1.54) is 0 Å². The molecule has 2 aromatic rings. The van der Waals surface area contributed by atoms with Crippen LogP contribution in [-0.2, 0) is 34.3 Å². The van der Waals surface area contributed by atoms with Gasteiger partial charge in [0, 0.05) is 22.1 Å². The highest BCUT2D eigenvalue weighted by Gasteiger charge is 2.14. The zero-order valence-corrected chi connectivity index (χ0v) is 14.2. The van der Waals surface area contributed by atoms with Gasteiger partial charge in [0.1, 0.15) is 11.5 Å². The van der Waals surface area contributed by atoms with Crippen LogP contribution in [0.1, 0.15) is 30.4 Å². The van der Waals surface area contributed by atoms with Crippen LogP contribution in [0.25, 0.3) is 0 Å². The highest BCUT2D eigenvalue weighted by Crippen LogP contribution is 2.08. The van der Waals surface area contributed by atoms with E-state index < -0.39 is 10.8 Å². The van der Waals surface area contributed by atoms with Crippen molar-refractivity contribution in [3.05, 3.63) is 34.1 Å². The molecule has 0 aliphatic carbocycles. The molecule has 120 valence electrons. The summed E-state index contributed by atoms with van der Waals surface area (Å²) in [5, 5.41) is 8.53. The number of hydrogen-bond donors (Lipinski definition) is 1.